The number of aryl methyl sites for hydroxylation is 1. The van der Waals surface area contributed by atoms with Crippen molar-refractivity contribution >= 4 is 15.9 Å². The van der Waals surface area contributed by atoms with Crippen molar-refractivity contribution in [3.05, 3.63) is 47.5 Å². The average Bonchev–Trinajstić information content (AvgIpc) is 2.99. The predicted molar refractivity (Wildman–Crippen MR) is 93.4 cm³/mol. The van der Waals surface area contributed by atoms with E-state index in [9.17, 15) is 17.6 Å². The number of nitrogens with zero attached hydrogens (tertiary/aromatic N) is 3. The summed E-state index contributed by atoms with van der Waals surface area (Å²) in [6.07, 6.45) is 5.34. The molecule has 7 nitrogen and oxygen atoms in total. The maximum Gasteiger partial charge on any atom is 0.256 e. The second kappa shape index (κ2) is 7.16. The number of carbonyl (C=O) groups is 1. The van der Waals surface area contributed by atoms with Crippen LogP contribution >= 0.6 is 0 Å². The molecule has 1 amide bonds. The minimum absolute atomic E-state index is 0.266. The van der Waals surface area contributed by atoms with Gasteiger partial charge in [0.25, 0.3) is 5.91 Å². The van der Waals surface area contributed by atoms with Crippen LogP contribution in [-0.4, -0.2) is 42.1 Å². The molecule has 3 rings (SSSR count). The molecule has 9 heteroatoms. The summed E-state index contributed by atoms with van der Waals surface area (Å²) < 4.78 is 38.8. The molecule has 0 radical (unpaired) electrons. The zero-order chi connectivity index (χ0) is 18.9. The topological polar surface area (TPSA) is 98.3 Å². The fraction of sp³-hybridized carbons (Fsp3) is 0.412. The SMILES string of the molecule is Cc1cnn(CC2CCN(C(=O)c3cc(S(N)(=O)=O)ccc3F)CC2)c1. The standard InChI is InChI=1S/C17H21FN4O3S/c1-12-9-20-22(10-12)11-13-4-6-21(7-5-13)17(23)15-8-14(26(19,24)25)2-3-16(15)18/h2-3,8-10,13H,4-7,11H2,1H3,(H2,19,24,25). The van der Waals surface area contributed by atoms with Crippen LogP contribution in [0.5, 0.6) is 0 Å². The van der Waals surface area contributed by atoms with Crippen molar-refractivity contribution in [2.75, 3.05) is 13.1 Å². The number of likely N-dealkylation sites (tertiary alicyclic amines) is 1. The van der Waals surface area contributed by atoms with Gasteiger partial charge in [0, 0.05) is 25.8 Å². The van der Waals surface area contributed by atoms with Gasteiger partial charge in [-0.05, 0) is 49.4 Å². The normalized spacial score (nSPS) is 16.0. The lowest BCUT2D eigenvalue weighted by Crippen LogP contribution is -2.39. The smallest absolute Gasteiger partial charge is 0.256 e. The van der Waals surface area contributed by atoms with Crippen molar-refractivity contribution in [2.24, 2.45) is 11.1 Å². The Bertz CT molecular complexity index is 918. The van der Waals surface area contributed by atoms with E-state index in [0.29, 0.717) is 19.0 Å². The van der Waals surface area contributed by atoms with Crippen LogP contribution in [0.2, 0.25) is 0 Å². The summed E-state index contributed by atoms with van der Waals surface area (Å²) in [7, 11) is -3.99. The molecule has 0 bridgehead atoms. The number of aromatic nitrogens is 2. The molecule has 0 aliphatic carbocycles. The Labute approximate surface area is 151 Å². The van der Waals surface area contributed by atoms with Crippen LogP contribution in [0.1, 0.15) is 28.8 Å². The Morgan fingerprint density at radius 3 is 2.62 bits per heavy atom. The molecule has 1 aromatic heterocycles. The van der Waals surface area contributed by atoms with Gasteiger partial charge in [-0.3, -0.25) is 9.48 Å². The number of hydrogen-bond donors (Lipinski definition) is 1. The van der Waals surface area contributed by atoms with Crippen molar-refractivity contribution in [2.45, 2.75) is 31.2 Å². The molecule has 1 saturated heterocycles. The second-order valence-electron chi connectivity index (χ2n) is 6.66. The number of benzene rings is 1. The van der Waals surface area contributed by atoms with E-state index in [1.807, 2.05) is 17.8 Å². The Hall–Kier alpha value is -2.26. The molecule has 0 atom stereocenters. The van der Waals surface area contributed by atoms with Gasteiger partial charge >= 0.3 is 0 Å². The fourth-order valence-electron chi connectivity index (χ4n) is 3.17. The van der Waals surface area contributed by atoms with E-state index in [-0.39, 0.29) is 10.5 Å². The Morgan fingerprint density at radius 1 is 1.35 bits per heavy atom. The van der Waals surface area contributed by atoms with Gasteiger partial charge in [-0.15, -0.1) is 0 Å². The molecule has 0 spiro atoms. The summed E-state index contributed by atoms with van der Waals surface area (Å²) in [5, 5.41) is 9.34. The van der Waals surface area contributed by atoms with Crippen molar-refractivity contribution in [3.8, 4) is 0 Å². The van der Waals surface area contributed by atoms with Crippen LogP contribution in [0.25, 0.3) is 0 Å². The maximum absolute atomic E-state index is 14.0. The number of halogens is 1. The van der Waals surface area contributed by atoms with E-state index in [1.54, 1.807) is 11.1 Å². The number of primary sulfonamides is 1. The third kappa shape index (κ3) is 4.10. The summed E-state index contributed by atoms with van der Waals surface area (Å²) in [6, 6.07) is 3.02. The minimum atomic E-state index is -3.99. The van der Waals surface area contributed by atoms with E-state index >= 15 is 0 Å². The highest BCUT2D eigenvalue weighted by molar-refractivity contribution is 7.89. The quantitative estimate of drug-likeness (QED) is 0.870. The largest absolute Gasteiger partial charge is 0.339 e. The van der Waals surface area contributed by atoms with Crippen LogP contribution < -0.4 is 5.14 Å². The summed E-state index contributed by atoms with van der Waals surface area (Å²) in [5.74, 6) is -0.878. The Kier molecular flexibility index (Phi) is 5.10. The molecule has 1 aliphatic heterocycles. The van der Waals surface area contributed by atoms with Gasteiger partial charge in [0.1, 0.15) is 5.82 Å². The molecule has 2 heterocycles. The number of piperidine rings is 1. The lowest BCUT2D eigenvalue weighted by molar-refractivity contribution is 0.0676. The average molecular weight is 380 g/mol. The molecule has 0 unspecified atom stereocenters. The van der Waals surface area contributed by atoms with Crippen LogP contribution in [0, 0.1) is 18.7 Å². The Balaban J connectivity index is 1.67. The van der Waals surface area contributed by atoms with Crippen LogP contribution in [0.15, 0.2) is 35.5 Å². The fourth-order valence-corrected chi connectivity index (χ4v) is 3.71. The summed E-state index contributed by atoms with van der Waals surface area (Å²) in [5.41, 5.74) is 0.834. The first-order chi connectivity index (χ1) is 12.2. The molecule has 26 heavy (non-hydrogen) atoms. The highest BCUT2D eigenvalue weighted by Crippen LogP contribution is 2.22. The van der Waals surface area contributed by atoms with Gasteiger partial charge in [0.15, 0.2) is 0 Å². The van der Waals surface area contributed by atoms with Gasteiger partial charge in [-0.25, -0.2) is 17.9 Å². The predicted octanol–water partition coefficient (Wildman–Crippen LogP) is 1.53. The second-order valence-corrected chi connectivity index (χ2v) is 8.22. The van der Waals surface area contributed by atoms with Gasteiger partial charge < -0.3 is 4.90 Å². The van der Waals surface area contributed by atoms with E-state index in [0.717, 1.165) is 43.1 Å². The summed E-state index contributed by atoms with van der Waals surface area (Å²) in [4.78, 5) is 13.9. The highest BCUT2D eigenvalue weighted by atomic mass is 32.2. The van der Waals surface area contributed by atoms with E-state index < -0.39 is 21.7 Å². The maximum atomic E-state index is 14.0. The van der Waals surface area contributed by atoms with Gasteiger partial charge in [0.05, 0.1) is 16.7 Å². The van der Waals surface area contributed by atoms with E-state index in [1.165, 1.54) is 0 Å². The van der Waals surface area contributed by atoms with E-state index in [2.05, 4.69) is 5.10 Å². The van der Waals surface area contributed by atoms with E-state index in [4.69, 9.17) is 5.14 Å². The molecule has 0 saturated carbocycles. The molecule has 2 N–H and O–H groups in total. The summed E-state index contributed by atoms with van der Waals surface area (Å²) >= 11 is 0. The molecule has 2 aromatic rings. The van der Waals surface area contributed by atoms with Gasteiger partial charge in [-0.2, -0.15) is 5.10 Å². The molecule has 140 valence electrons. The lowest BCUT2D eigenvalue weighted by Gasteiger charge is -2.32. The number of amides is 1. The number of hydrogen-bond acceptors (Lipinski definition) is 4. The van der Waals surface area contributed by atoms with Crippen LogP contribution in [0.4, 0.5) is 4.39 Å². The van der Waals surface area contributed by atoms with Gasteiger partial charge in [-0.1, -0.05) is 0 Å². The van der Waals surface area contributed by atoms with Crippen molar-refractivity contribution in [3.63, 3.8) is 0 Å². The van der Waals surface area contributed by atoms with Crippen molar-refractivity contribution < 1.29 is 17.6 Å². The number of rotatable bonds is 4. The summed E-state index contributed by atoms with van der Waals surface area (Å²) in [6.45, 7) is 3.74. The number of nitrogens with two attached hydrogens (primary N) is 1. The van der Waals surface area contributed by atoms with Gasteiger partial charge in [0.2, 0.25) is 10.0 Å². The first kappa shape index (κ1) is 18.5. The molecule has 1 aliphatic rings. The number of sulfonamides is 1. The van der Waals surface area contributed by atoms with Crippen LogP contribution in [0.3, 0.4) is 0 Å². The van der Waals surface area contributed by atoms with Crippen molar-refractivity contribution in [1.82, 2.24) is 14.7 Å². The minimum Gasteiger partial charge on any atom is -0.339 e. The highest BCUT2D eigenvalue weighted by Gasteiger charge is 2.26. The molecule has 1 fully saturated rings. The first-order valence-electron chi connectivity index (χ1n) is 8.35. The Morgan fingerprint density at radius 2 is 2.04 bits per heavy atom. The number of carbonyl (C=O) groups excluding carboxylic acids is 1. The lowest BCUT2D eigenvalue weighted by atomic mass is 9.96. The monoisotopic (exact) mass is 380 g/mol. The first-order valence-corrected chi connectivity index (χ1v) is 9.89. The third-order valence-corrected chi connectivity index (χ3v) is 5.52. The molecular formula is C17H21FN4O3S. The molecule has 1 aromatic carbocycles. The zero-order valence-corrected chi connectivity index (χ0v) is 15.2. The van der Waals surface area contributed by atoms with Crippen LogP contribution in [-0.2, 0) is 16.6 Å². The van der Waals surface area contributed by atoms with Crippen molar-refractivity contribution in [1.29, 1.82) is 0 Å². The zero-order valence-electron chi connectivity index (χ0n) is 14.4. The third-order valence-electron chi connectivity index (χ3n) is 4.61. The molecular weight excluding hydrogens is 359 g/mol.